The first kappa shape index (κ1) is 29.7. The largest absolute Gasteiger partial charge is 0.294 e. The fourth-order valence-corrected chi connectivity index (χ4v) is 6.80. The molecule has 5 rings (SSSR count). The summed E-state index contributed by atoms with van der Waals surface area (Å²) in [6.07, 6.45) is 0.311. The number of Topliss-reactive ketones (excluding diaryl/α,β-unsaturated/α-hetero) is 1. The van der Waals surface area contributed by atoms with Crippen molar-refractivity contribution in [2.75, 3.05) is 0 Å². The van der Waals surface area contributed by atoms with E-state index in [1.165, 1.54) is 0 Å². The number of para-hydroxylation sites is 2. The average Bonchev–Trinajstić information content (AvgIpc) is 2.94. The lowest BCUT2D eigenvalue weighted by Gasteiger charge is -2.34. The molecule has 8 nitrogen and oxygen atoms in total. The van der Waals surface area contributed by atoms with E-state index in [4.69, 9.17) is 28.6 Å². The van der Waals surface area contributed by atoms with E-state index in [1.807, 2.05) is 115 Å². The third-order valence-corrected chi connectivity index (χ3v) is 8.24. The number of rotatable bonds is 6. The topological polar surface area (TPSA) is 151 Å². The maximum atomic E-state index is 13.5. The van der Waals surface area contributed by atoms with Crippen LogP contribution in [-0.2, 0) is 4.08 Å². The van der Waals surface area contributed by atoms with Gasteiger partial charge in [-0.3, -0.25) is 4.79 Å². The van der Waals surface area contributed by atoms with E-state index in [-0.39, 0.29) is 5.78 Å². The molecule has 0 saturated carbocycles. The third-order valence-electron chi connectivity index (χ3n) is 5.48. The molecule has 0 unspecified atom stereocenters. The summed E-state index contributed by atoms with van der Waals surface area (Å²) in [5, 5.41) is 3.67. The zero-order valence-corrected chi connectivity index (χ0v) is 23.4. The molecule has 4 aromatic carbocycles. The summed E-state index contributed by atoms with van der Waals surface area (Å²) in [4.78, 5) is 23.4. The van der Waals surface area contributed by atoms with Crippen LogP contribution >= 0.6 is 23.5 Å². The van der Waals surface area contributed by atoms with Gasteiger partial charge in [-0.25, -0.2) is 24.0 Å². The smallest absolute Gasteiger partial charge is 0.269 e. The minimum absolute atomic E-state index is 0.0921. The Balaban J connectivity index is 0.000000681. The first-order valence-electron chi connectivity index (χ1n) is 12.0. The van der Waals surface area contributed by atoms with Gasteiger partial charge in [0.2, 0.25) is 0 Å². The second-order valence-electron chi connectivity index (χ2n) is 8.38. The van der Waals surface area contributed by atoms with E-state index >= 15 is 0 Å². The third kappa shape index (κ3) is 9.12. The standard InChI is InChI=1S/C29H23N3OS2.ClHO4/c33-26(22-13-5-1-6-14-22)21-29(23-15-7-2-8-16-23)34-27(30-24-17-9-3-10-18-24)32-28(35-29)31-25-19-11-4-12-20-25;2-1(3,4)5/h1-20H,21H2,(H,30,31,32);(H,2,3,4,5). The first-order chi connectivity index (χ1) is 19.2. The van der Waals surface area contributed by atoms with Gasteiger partial charge in [-0.2, -0.15) is 9.98 Å². The normalized spacial score (nSPS) is 19.1. The van der Waals surface area contributed by atoms with Crippen LogP contribution in [0.2, 0.25) is 0 Å². The number of carbonyl (C=O) groups is 1. The highest BCUT2D eigenvalue weighted by Crippen LogP contribution is 2.52. The molecule has 11 heteroatoms. The number of hydrogen-bond acceptors (Lipinski definition) is 9. The molecule has 0 aromatic heterocycles. The summed E-state index contributed by atoms with van der Waals surface area (Å²) in [5.74, 6) is 0.0921. The Morgan fingerprint density at radius 2 is 1.02 bits per heavy atom. The Morgan fingerprint density at radius 3 is 1.45 bits per heavy atom. The fourth-order valence-electron chi connectivity index (χ4n) is 3.81. The number of amidine groups is 2. The Bertz CT molecular complexity index is 1390. The van der Waals surface area contributed by atoms with Gasteiger partial charge in [0.25, 0.3) is 10.3 Å². The highest BCUT2D eigenvalue weighted by atomic mass is 35.7. The maximum Gasteiger partial charge on any atom is 0.269 e. The van der Waals surface area contributed by atoms with Crippen molar-refractivity contribution in [3.63, 3.8) is 0 Å². The quantitative estimate of drug-likeness (QED) is 0.335. The van der Waals surface area contributed by atoms with E-state index in [9.17, 15) is 4.79 Å². The summed E-state index contributed by atoms with van der Waals surface area (Å²) < 4.78 is 33.4. The minimum Gasteiger partial charge on any atom is -0.294 e. The van der Waals surface area contributed by atoms with Crippen LogP contribution in [0.4, 0.5) is 11.4 Å². The Labute approximate surface area is 242 Å². The second kappa shape index (κ2) is 13.8. The highest BCUT2D eigenvalue weighted by molar-refractivity contribution is 8.31. The molecule has 0 bridgehead atoms. The summed E-state index contributed by atoms with van der Waals surface area (Å²) in [7, 11) is -4.94. The number of hydrogen-bond donors (Lipinski definition) is 1. The molecule has 0 spiro atoms. The van der Waals surface area contributed by atoms with Gasteiger partial charge in [0.05, 0.1) is 11.4 Å². The number of carbonyl (C=O) groups excluding carboxylic acids is 1. The molecule has 0 atom stereocenters. The number of ketones is 1. The molecule has 0 radical (unpaired) electrons. The van der Waals surface area contributed by atoms with Crippen LogP contribution in [0.5, 0.6) is 0 Å². The lowest BCUT2D eigenvalue weighted by Crippen LogP contribution is -2.92. The van der Waals surface area contributed by atoms with Gasteiger partial charge in [-0.1, -0.05) is 97.1 Å². The van der Waals surface area contributed by atoms with Crippen molar-refractivity contribution in [1.29, 1.82) is 0 Å². The molecule has 1 fully saturated rings. The summed E-state index contributed by atoms with van der Waals surface area (Å²) in [6.45, 7) is 0. The molecule has 40 heavy (non-hydrogen) atoms. The van der Waals surface area contributed by atoms with Crippen molar-refractivity contribution in [3.8, 4) is 0 Å². The predicted octanol–water partition coefficient (Wildman–Crippen LogP) is 1.78. The highest BCUT2D eigenvalue weighted by Gasteiger charge is 2.46. The number of halogens is 1. The van der Waals surface area contributed by atoms with Crippen LogP contribution in [0.1, 0.15) is 22.3 Å². The van der Waals surface area contributed by atoms with Crippen LogP contribution in [0, 0.1) is 10.2 Å². The van der Waals surface area contributed by atoms with Crippen molar-refractivity contribution in [2.45, 2.75) is 10.5 Å². The molecular formula is C29H24ClN3O5S2. The van der Waals surface area contributed by atoms with Crippen LogP contribution < -0.4 is 24.0 Å². The lowest BCUT2D eigenvalue weighted by molar-refractivity contribution is -2.00. The number of quaternary nitrogens is 1. The Morgan fingerprint density at radius 1 is 0.650 bits per heavy atom. The molecular weight excluding hydrogens is 570 g/mol. The zero-order valence-electron chi connectivity index (χ0n) is 21.0. The van der Waals surface area contributed by atoms with Crippen molar-refractivity contribution in [2.24, 2.45) is 9.98 Å². The van der Waals surface area contributed by atoms with Crippen molar-refractivity contribution < 1.29 is 39.0 Å². The van der Waals surface area contributed by atoms with Crippen LogP contribution in [-0.4, -0.2) is 16.1 Å². The average molecular weight is 594 g/mol. The number of nitrogens with zero attached hydrogens (tertiary/aromatic N) is 2. The van der Waals surface area contributed by atoms with Crippen LogP contribution in [0.3, 0.4) is 0 Å². The lowest BCUT2D eigenvalue weighted by atomic mass is 10.0. The molecule has 2 N–H and O–H groups in total. The minimum atomic E-state index is -4.94. The number of thioether (sulfide) groups is 2. The van der Waals surface area contributed by atoms with Crippen molar-refractivity contribution in [3.05, 3.63) is 132 Å². The molecule has 1 heterocycles. The summed E-state index contributed by atoms with van der Waals surface area (Å²) in [5.41, 5.74) is 3.51. The van der Waals surface area contributed by atoms with Gasteiger partial charge in [0.1, 0.15) is 4.08 Å². The van der Waals surface area contributed by atoms with Gasteiger partial charge in [0, 0.05) is 12.0 Å². The SMILES string of the molecule is O=C(CC1(c2ccccc2)SC(=Nc2ccccc2)[NH2+]C(=Nc2ccccc2)S1)c1ccccc1.[O-][Cl+3]([O-])([O-])[O-]. The van der Waals surface area contributed by atoms with E-state index in [0.717, 1.165) is 27.3 Å². The number of aliphatic imine (C=N–C) groups is 2. The van der Waals surface area contributed by atoms with Crippen molar-refractivity contribution >= 4 is 51.0 Å². The number of nitrogens with two attached hydrogens (primary N) is 1. The zero-order chi connectivity index (χ0) is 28.4. The van der Waals surface area contributed by atoms with Gasteiger partial charge in [-0.15, -0.1) is 10.2 Å². The second-order valence-corrected chi connectivity index (χ2v) is 12.0. The predicted molar refractivity (Wildman–Crippen MR) is 148 cm³/mol. The van der Waals surface area contributed by atoms with Crippen LogP contribution in [0.25, 0.3) is 0 Å². The fraction of sp³-hybridized carbons (Fsp3) is 0.0690. The van der Waals surface area contributed by atoms with E-state index in [1.54, 1.807) is 23.5 Å². The molecule has 1 aliphatic rings. The van der Waals surface area contributed by atoms with E-state index in [2.05, 4.69) is 12.1 Å². The Hall–Kier alpha value is -3.32. The van der Waals surface area contributed by atoms with E-state index < -0.39 is 14.3 Å². The van der Waals surface area contributed by atoms with Gasteiger partial charge < -0.3 is 0 Å². The number of benzene rings is 4. The maximum absolute atomic E-state index is 13.5. The Kier molecular flexibility index (Phi) is 10.3. The van der Waals surface area contributed by atoms with Gasteiger partial charge >= 0.3 is 0 Å². The molecule has 1 saturated heterocycles. The van der Waals surface area contributed by atoms with E-state index in [0.29, 0.717) is 12.0 Å². The molecule has 4 aromatic rings. The molecule has 1 aliphatic heterocycles. The summed E-state index contributed by atoms with van der Waals surface area (Å²) in [6, 6.07) is 39.5. The summed E-state index contributed by atoms with van der Waals surface area (Å²) >= 11 is 3.24. The van der Waals surface area contributed by atoms with Crippen molar-refractivity contribution in [1.82, 2.24) is 0 Å². The first-order valence-corrected chi connectivity index (χ1v) is 14.8. The molecule has 0 aliphatic carbocycles. The molecule has 0 amide bonds. The molecule has 204 valence electrons. The monoisotopic (exact) mass is 593 g/mol. The van der Waals surface area contributed by atoms with Gasteiger partial charge in [-0.05, 0) is 53.4 Å². The van der Waals surface area contributed by atoms with Crippen LogP contribution in [0.15, 0.2) is 131 Å². The van der Waals surface area contributed by atoms with Gasteiger partial charge in [0.15, 0.2) is 5.78 Å².